The largest absolute Gasteiger partial charge is 0.383 e. The third-order valence-corrected chi connectivity index (χ3v) is 3.31. The maximum Gasteiger partial charge on any atom is 0.332 e. The molecule has 110 valence electrons. The number of hydrogen-bond acceptors (Lipinski definition) is 4. The van der Waals surface area contributed by atoms with Crippen LogP contribution in [0.5, 0.6) is 0 Å². The number of nitrogens with one attached hydrogen (secondary N) is 1. The molecule has 3 N–H and O–H groups in total. The fraction of sp³-hybridized carbons (Fsp3) is 0.154. The number of anilines is 2. The molecular weight excluding hydrogens is 296 g/mol. The van der Waals surface area contributed by atoms with Crippen molar-refractivity contribution in [3.05, 3.63) is 55.7 Å². The SMILES string of the molecule is Cn1c(N)c(NC(=O)c2ccc(Cl)cc2)c(=O)n(C)c1=O. The van der Waals surface area contributed by atoms with Crippen molar-refractivity contribution in [3.8, 4) is 0 Å². The third-order valence-electron chi connectivity index (χ3n) is 3.05. The Hall–Kier alpha value is -2.54. The van der Waals surface area contributed by atoms with Gasteiger partial charge in [-0.05, 0) is 24.3 Å². The van der Waals surface area contributed by atoms with Crippen molar-refractivity contribution < 1.29 is 4.79 Å². The van der Waals surface area contributed by atoms with E-state index in [1.54, 1.807) is 12.1 Å². The molecule has 0 fully saturated rings. The van der Waals surface area contributed by atoms with Crippen LogP contribution in [0.3, 0.4) is 0 Å². The van der Waals surface area contributed by atoms with Crippen molar-refractivity contribution in [1.82, 2.24) is 9.13 Å². The number of carbonyl (C=O) groups excluding carboxylic acids is 1. The first-order chi connectivity index (χ1) is 9.82. The van der Waals surface area contributed by atoms with Crippen molar-refractivity contribution in [2.45, 2.75) is 0 Å². The maximum atomic E-state index is 12.1. The standard InChI is InChI=1S/C13H13ClN4O3/c1-17-10(15)9(12(20)18(2)13(17)21)16-11(19)7-3-5-8(14)6-4-7/h3-6H,15H2,1-2H3,(H,16,19). The topological polar surface area (TPSA) is 99.1 Å². The lowest BCUT2D eigenvalue weighted by Crippen LogP contribution is -2.40. The second kappa shape index (κ2) is 5.45. The van der Waals surface area contributed by atoms with Gasteiger partial charge in [-0.1, -0.05) is 11.6 Å². The van der Waals surface area contributed by atoms with Gasteiger partial charge >= 0.3 is 5.69 Å². The van der Waals surface area contributed by atoms with Gasteiger partial charge in [0.1, 0.15) is 11.5 Å². The van der Waals surface area contributed by atoms with Gasteiger partial charge in [-0.15, -0.1) is 0 Å². The summed E-state index contributed by atoms with van der Waals surface area (Å²) in [5.41, 5.74) is 4.66. The van der Waals surface area contributed by atoms with Gasteiger partial charge in [0.15, 0.2) is 0 Å². The van der Waals surface area contributed by atoms with E-state index in [1.165, 1.54) is 26.2 Å². The number of nitrogens with two attached hydrogens (primary N) is 1. The van der Waals surface area contributed by atoms with Gasteiger partial charge < -0.3 is 11.1 Å². The molecule has 1 heterocycles. The second-order valence-electron chi connectivity index (χ2n) is 4.43. The van der Waals surface area contributed by atoms with E-state index in [-0.39, 0.29) is 11.5 Å². The Kier molecular flexibility index (Phi) is 3.86. The van der Waals surface area contributed by atoms with Gasteiger partial charge in [-0.25, -0.2) is 4.79 Å². The lowest BCUT2D eigenvalue weighted by Gasteiger charge is -2.12. The van der Waals surface area contributed by atoms with E-state index in [0.29, 0.717) is 10.6 Å². The van der Waals surface area contributed by atoms with Gasteiger partial charge in [0, 0.05) is 24.7 Å². The van der Waals surface area contributed by atoms with Crippen molar-refractivity contribution >= 4 is 29.0 Å². The van der Waals surface area contributed by atoms with E-state index < -0.39 is 17.2 Å². The number of halogens is 1. The van der Waals surface area contributed by atoms with Gasteiger partial charge in [0.2, 0.25) is 0 Å². The van der Waals surface area contributed by atoms with Crippen LogP contribution in [0.2, 0.25) is 5.02 Å². The van der Waals surface area contributed by atoms with Gasteiger partial charge in [0.25, 0.3) is 11.5 Å². The number of carbonyl (C=O) groups is 1. The van der Waals surface area contributed by atoms with Crippen LogP contribution in [0.4, 0.5) is 11.5 Å². The first kappa shape index (κ1) is 14.9. The molecule has 0 saturated heterocycles. The molecule has 0 aliphatic rings. The van der Waals surface area contributed by atoms with Crippen LogP contribution in [0.25, 0.3) is 0 Å². The van der Waals surface area contributed by atoms with Crippen LogP contribution < -0.4 is 22.3 Å². The Morgan fingerprint density at radius 2 is 1.71 bits per heavy atom. The highest BCUT2D eigenvalue weighted by atomic mass is 35.5. The first-order valence-corrected chi connectivity index (χ1v) is 6.33. The Morgan fingerprint density at radius 1 is 1.14 bits per heavy atom. The Bertz CT molecular complexity index is 821. The minimum Gasteiger partial charge on any atom is -0.383 e. The fourth-order valence-electron chi connectivity index (χ4n) is 1.76. The third kappa shape index (κ3) is 2.68. The summed E-state index contributed by atoms with van der Waals surface area (Å²) >= 11 is 5.74. The summed E-state index contributed by atoms with van der Waals surface area (Å²) < 4.78 is 1.95. The van der Waals surface area contributed by atoms with E-state index in [0.717, 1.165) is 9.13 Å². The van der Waals surface area contributed by atoms with Crippen molar-refractivity contribution in [1.29, 1.82) is 0 Å². The molecular formula is C13H13ClN4O3. The van der Waals surface area contributed by atoms with Gasteiger partial charge in [0.05, 0.1) is 0 Å². The predicted octanol–water partition coefficient (Wildman–Crippen LogP) is 0.572. The minimum absolute atomic E-state index is 0.106. The van der Waals surface area contributed by atoms with E-state index in [9.17, 15) is 14.4 Å². The first-order valence-electron chi connectivity index (χ1n) is 5.95. The highest BCUT2D eigenvalue weighted by Crippen LogP contribution is 2.13. The maximum absolute atomic E-state index is 12.1. The fourth-order valence-corrected chi connectivity index (χ4v) is 1.89. The molecule has 0 saturated carbocycles. The Balaban J connectivity index is 2.45. The number of nitrogen functional groups attached to an aromatic ring is 1. The molecule has 0 bridgehead atoms. The average molecular weight is 309 g/mol. The van der Waals surface area contributed by atoms with Crippen LogP contribution in [0.1, 0.15) is 10.4 Å². The zero-order valence-corrected chi connectivity index (χ0v) is 12.1. The molecule has 21 heavy (non-hydrogen) atoms. The van der Waals surface area contributed by atoms with E-state index >= 15 is 0 Å². The minimum atomic E-state index is -0.669. The average Bonchev–Trinajstić information content (AvgIpc) is 2.48. The summed E-state index contributed by atoms with van der Waals surface area (Å²) in [4.78, 5) is 35.8. The lowest BCUT2D eigenvalue weighted by molar-refractivity contribution is 0.102. The molecule has 8 heteroatoms. The number of benzene rings is 1. The molecule has 1 amide bonds. The number of nitrogens with zero attached hydrogens (tertiary/aromatic N) is 2. The van der Waals surface area contributed by atoms with Gasteiger partial charge in [-0.2, -0.15) is 0 Å². The molecule has 2 rings (SSSR count). The molecule has 0 radical (unpaired) electrons. The smallest absolute Gasteiger partial charge is 0.332 e. The van der Waals surface area contributed by atoms with E-state index in [2.05, 4.69) is 5.32 Å². The number of rotatable bonds is 2. The van der Waals surface area contributed by atoms with Crippen molar-refractivity contribution in [3.63, 3.8) is 0 Å². The Morgan fingerprint density at radius 3 is 2.29 bits per heavy atom. The monoisotopic (exact) mass is 308 g/mol. The molecule has 1 aromatic carbocycles. The summed E-state index contributed by atoms with van der Waals surface area (Å²) in [7, 11) is 2.72. The molecule has 0 spiro atoms. The van der Waals surface area contributed by atoms with Crippen LogP contribution in [0.15, 0.2) is 33.9 Å². The number of hydrogen-bond donors (Lipinski definition) is 2. The highest BCUT2D eigenvalue weighted by Gasteiger charge is 2.16. The summed E-state index contributed by atoms with van der Waals surface area (Å²) in [5.74, 6) is -0.625. The van der Waals surface area contributed by atoms with Crippen molar-refractivity contribution in [2.24, 2.45) is 14.1 Å². The quantitative estimate of drug-likeness (QED) is 0.847. The van der Waals surface area contributed by atoms with E-state index in [4.69, 9.17) is 17.3 Å². The summed E-state index contributed by atoms with van der Waals surface area (Å²) in [6.07, 6.45) is 0. The summed E-state index contributed by atoms with van der Waals surface area (Å²) in [5, 5.41) is 2.91. The van der Waals surface area contributed by atoms with Crippen LogP contribution in [0, 0.1) is 0 Å². The molecule has 7 nitrogen and oxygen atoms in total. The number of amides is 1. The normalized spacial score (nSPS) is 10.4. The van der Waals surface area contributed by atoms with Crippen LogP contribution in [-0.2, 0) is 14.1 Å². The highest BCUT2D eigenvalue weighted by molar-refractivity contribution is 6.30. The Labute approximate surface area is 124 Å². The predicted molar refractivity (Wildman–Crippen MR) is 80.7 cm³/mol. The zero-order valence-electron chi connectivity index (χ0n) is 11.4. The lowest BCUT2D eigenvalue weighted by atomic mass is 10.2. The van der Waals surface area contributed by atoms with Crippen LogP contribution >= 0.6 is 11.6 Å². The molecule has 1 aromatic heterocycles. The molecule has 0 unspecified atom stereocenters. The zero-order chi connectivity index (χ0) is 15.7. The number of aromatic nitrogens is 2. The van der Waals surface area contributed by atoms with E-state index in [1.807, 2.05) is 0 Å². The van der Waals surface area contributed by atoms with Crippen molar-refractivity contribution in [2.75, 3.05) is 11.1 Å². The molecule has 2 aromatic rings. The molecule has 0 aliphatic carbocycles. The van der Waals surface area contributed by atoms with Gasteiger partial charge in [-0.3, -0.25) is 18.7 Å². The van der Waals surface area contributed by atoms with Crippen LogP contribution in [-0.4, -0.2) is 15.0 Å². The second-order valence-corrected chi connectivity index (χ2v) is 4.86. The summed E-state index contributed by atoms with van der Waals surface area (Å²) in [6, 6.07) is 6.14. The molecule has 0 atom stereocenters. The summed E-state index contributed by atoms with van der Waals surface area (Å²) in [6.45, 7) is 0. The molecule has 0 aliphatic heterocycles.